The van der Waals surface area contributed by atoms with Gasteiger partial charge in [-0.25, -0.2) is 15.0 Å². The molecule has 3 rings (SSSR count). The van der Waals surface area contributed by atoms with Crippen molar-refractivity contribution in [1.82, 2.24) is 19.5 Å². The highest BCUT2D eigenvalue weighted by atomic mass is 32.2. The second kappa shape index (κ2) is 15.1. The van der Waals surface area contributed by atoms with Crippen molar-refractivity contribution in [2.75, 3.05) is 24.3 Å². The summed E-state index contributed by atoms with van der Waals surface area (Å²) in [6.07, 6.45) is 0.462. The zero-order valence-corrected chi connectivity index (χ0v) is 20.1. The molecule has 1 fully saturated rings. The number of imidazole rings is 1. The molecule has 10 N–H and O–H groups in total. The predicted molar refractivity (Wildman–Crippen MR) is 126 cm³/mol. The highest BCUT2D eigenvalue weighted by molar-refractivity contribution is 7.98. The summed E-state index contributed by atoms with van der Waals surface area (Å²) in [7, 11) is 0. The molecule has 0 spiro atoms. The quantitative estimate of drug-likeness (QED) is 0.174. The molecule has 1 saturated heterocycles. The maximum absolute atomic E-state index is 10.1. The summed E-state index contributed by atoms with van der Waals surface area (Å²) in [6.45, 7) is -0.390. The number of aromatic nitrogens is 4. The number of aliphatic carboxylic acids is 3. The van der Waals surface area contributed by atoms with E-state index < -0.39 is 55.1 Å². The van der Waals surface area contributed by atoms with Gasteiger partial charge in [-0.15, -0.1) is 0 Å². The number of nitrogens with two attached hydrogens (primary N) is 2. The van der Waals surface area contributed by atoms with Crippen molar-refractivity contribution < 1.29 is 49.8 Å². The molecule has 0 aliphatic carbocycles. The average molecular weight is 535 g/mol. The molecule has 16 nitrogen and oxygen atoms in total. The molecular formula is C19H30N6O10S. The third kappa shape index (κ3) is 9.17. The highest BCUT2D eigenvalue weighted by Crippen LogP contribution is 2.31. The van der Waals surface area contributed by atoms with E-state index in [2.05, 4.69) is 15.0 Å². The summed E-state index contributed by atoms with van der Waals surface area (Å²) < 4.78 is 6.85. The fourth-order valence-corrected chi connectivity index (χ4v) is 3.24. The van der Waals surface area contributed by atoms with Crippen LogP contribution >= 0.6 is 11.8 Å². The lowest BCUT2D eigenvalue weighted by Crippen LogP contribution is -2.33. The van der Waals surface area contributed by atoms with Gasteiger partial charge in [0.2, 0.25) is 0 Å². The minimum atomic E-state index is -1.19. The minimum absolute atomic E-state index is 0.218. The summed E-state index contributed by atoms with van der Waals surface area (Å²) in [4.78, 5) is 41.2. The van der Waals surface area contributed by atoms with Gasteiger partial charge < -0.3 is 46.8 Å². The molecular weight excluding hydrogens is 504 g/mol. The number of nitrogen functional groups attached to an aromatic ring is 1. The van der Waals surface area contributed by atoms with Gasteiger partial charge in [-0.3, -0.25) is 19.0 Å². The number of carboxylic acid groups (broad SMARTS) is 3. The Morgan fingerprint density at radius 2 is 1.72 bits per heavy atom. The van der Waals surface area contributed by atoms with E-state index in [1.165, 1.54) is 17.2 Å². The van der Waals surface area contributed by atoms with Gasteiger partial charge in [0.25, 0.3) is 0 Å². The monoisotopic (exact) mass is 534 g/mol. The fourth-order valence-electron chi connectivity index (χ4n) is 2.75. The molecule has 0 aromatic carbocycles. The summed E-state index contributed by atoms with van der Waals surface area (Å²) >= 11 is 1.60. The average Bonchev–Trinajstić information content (AvgIpc) is 3.38. The standard InChI is InChI=1S/C10H13N5O4.C5H11NO2S.C4H6O4/c11-8-5-9(13-2-12-8)15(3-14-5)10-7(18)6(17)4(1-16)19-10;1-9-3-2-4(6)5(7)8;5-3(6)1-2-4(7)8/h2-4,6-7,10,16-18H,1H2,(H2,11,12,13);4H,2-3,6H2,1H3,(H,7,8);1-2H2,(H,5,6)(H,7,8)/t4-,6-,7-,10-;;/m1../s1. The summed E-state index contributed by atoms with van der Waals surface area (Å²) in [6, 6.07) is -0.683. The molecule has 1 aliphatic rings. The number of thioether (sulfide) groups is 1. The Morgan fingerprint density at radius 1 is 1.11 bits per heavy atom. The zero-order chi connectivity index (χ0) is 27.4. The SMILES string of the molecule is CSCCC(N)C(=O)O.Nc1ncnc2c1ncn2[C@@H]1O[C@H](CO)[C@@H](O)[C@H]1O.O=C(O)CCC(=O)O. The lowest BCUT2D eigenvalue weighted by Gasteiger charge is -2.16. The van der Waals surface area contributed by atoms with Gasteiger partial charge in [0.1, 0.15) is 36.2 Å². The first-order valence-corrected chi connectivity index (χ1v) is 11.8. The van der Waals surface area contributed by atoms with E-state index in [0.29, 0.717) is 17.6 Å². The Kier molecular flexibility index (Phi) is 13.0. The molecule has 0 amide bonds. The third-order valence-electron chi connectivity index (χ3n) is 4.68. The van der Waals surface area contributed by atoms with Gasteiger partial charge in [0.05, 0.1) is 25.8 Å². The molecule has 0 radical (unpaired) electrons. The lowest BCUT2D eigenvalue weighted by atomic mass is 10.1. The van der Waals surface area contributed by atoms with E-state index in [1.807, 2.05) is 6.26 Å². The molecule has 17 heteroatoms. The second-order valence-corrected chi connectivity index (χ2v) is 8.31. The van der Waals surface area contributed by atoms with Crippen LogP contribution < -0.4 is 11.5 Å². The number of carbonyl (C=O) groups is 3. The van der Waals surface area contributed by atoms with Crippen LogP contribution in [0, 0.1) is 0 Å². The van der Waals surface area contributed by atoms with Crippen LogP contribution in [-0.2, 0) is 19.1 Å². The fraction of sp³-hybridized carbons (Fsp3) is 0.579. The van der Waals surface area contributed by atoms with Crippen molar-refractivity contribution in [3.05, 3.63) is 12.7 Å². The van der Waals surface area contributed by atoms with Crippen molar-refractivity contribution in [3.63, 3.8) is 0 Å². The van der Waals surface area contributed by atoms with Crippen LogP contribution in [0.1, 0.15) is 25.5 Å². The van der Waals surface area contributed by atoms with E-state index in [9.17, 15) is 24.6 Å². The lowest BCUT2D eigenvalue weighted by molar-refractivity contribution is -0.143. The smallest absolute Gasteiger partial charge is 0.320 e. The van der Waals surface area contributed by atoms with Crippen molar-refractivity contribution in [1.29, 1.82) is 0 Å². The van der Waals surface area contributed by atoms with Gasteiger partial charge >= 0.3 is 17.9 Å². The second-order valence-electron chi connectivity index (χ2n) is 7.33. The topological polar surface area (TPSA) is 277 Å². The maximum Gasteiger partial charge on any atom is 0.320 e. The zero-order valence-electron chi connectivity index (χ0n) is 19.2. The van der Waals surface area contributed by atoms with Gasteiger partial charge in [0.15, 0.2) is 17.7 Å². The Balaban J connectivity index is 0.000000321. The van der Waals surface area contributed by atoms with E-state index in [1.54, 1.807) is 11.8 Å². The Morgan fingerprint density at radius 3 is 2.19 bits per heavy atom. The largest absolute Gasteiger partial charge is 0.481 e. The van der Waals surface area contributed by atoms with E-state index in [-0.39, 0.29) is 18.7 Å². The number of nitrogens with zero attached hydrogens (tertiary/aromatic N) is 4. The van der Waals surface area contributed by atoms with Crippen molar-refractivity contribution in [2.24, 2.45) is 5.73 Å². The first kappa shape index (κ1) is 30.9. The number of ether oxygens (including phenoxy) is 1. The number of anilines is 1. The normalized spacial score (nSPS) is 21.6. The van der Waals surface area contributed by atoms with Gasteiger partial charge in [-0.2, -0.15) is 11.8 Å². The molecule has 3 heterocycles. The first-order valence-electron chi connectivity index (χ1n) is 10.4. The van der Waals surface area contributed by atoms with E-state index in [4.69, 9.17) is 36.6 Å². The molecule has 202 valence electrons. The van der Waals surface area contributed by atoms with Crippen LogP contribution in [0.25, 0.3) is 11.2 Å². The molecule has 1 aliphatic heterocycles. The van der Waals surface area contributed by atoms with Gasteiger partial charge in [-0.1, -0.05) is 0 Å². The minimum Gasteiger partial charge on any atom is -0.481 e. The van der Waals surface area contributed by atoms with E-state index in [0.717, 1.165) is 5.75 Å². The number of rotatable bonds is 9. The third-order valence-corrected chi connectivity index (χ3v) is 5.33. The highest BCUT2D eigenvalue weighted by Gasteiger charge is 2.43. The molecule has 0 bridgehead atoms. The molecule has 36 heavy (non-hydrogen) atoms. The number of carboxylic acids is 3. The van der Waals surface area contributed by atoms with Crippen LogP contribution in [0.2, 0.25) is 0 Å². The Bertz CT molecular complexity index is 994. The van der Waals surface area contributed by atoms with Crippen LogP contribution in [0.15, 0.2) is 12.7 Å². The van der Waals surface area contributed by atoms with Crippen molar-refractivity contribution in [3.8, 4) is 0 Å². The summed E-state index contributed by atoms with van der Waals surface area (Å²) in [5, 5.41) is 52.8. The number of aliphatic hydroxyl groups is 3. The van der Waals surface area contributed by atoms with Crippen molar-refractivity contribution >= 4 is 46.7 Å². The van der Waals surface area contributed by atoms with Crippen LogP contribution in [0.5, 0.6) is 0 Å². The van der Waals surface area contributed by atoms with Gasteiger partial charge in [-0.05, 0) is 18.4 Å². The van der Waals surface area contributed by atoms with Crippen molar-refractivity contribution in [2.45, 2.75) is 49.8 Å². The molecule has 2 aromatic heterocycles. The number of fused-ring (bicyclic) bond motifs is 1. The number of hydrogen-bond donors (Lipinski definition) is 8. The van der Waals surface area contributed by atoms with Gasteiger partial charge in [0, 0.05) is 0 Å². The maximum atomic E-state index is 10.1. The Hall–Kier alpha value is -3.09. The molecule has 1 unspecified atom stereocenters. The molecule has 2 aromatic rings. The number of hydrogen-bond acceptors (Lipinski definition) is 13. The van der Waals surface area contributed by atoms with Crippen LogP contribution in [-0.4, -0.2) is 111 Å². The Labute approximate surface area is 208 Å². The molecule has 5 atom stereocenters. The molecule has 0 saturated carbocycles. The first-order chi connectivity index (χ1) is 16.9. The summed E-state index contributed by atoms with van der Waals surface area (Å²) in [5.41, 5.74) is 11.6. The van der Waals surface area contributed by atoms with E-state index >= 15 is 0 Å². The number of aliphatic hydroxyl groups excluding tert-OH is 3. The van der Waals surface area contributed by atoms with Crippen LogP contribution in [0.4, 0.5) is 5.82 Å². The summed E-state index contributed by atoms with van der Waals surface area (Å²) in [5.74, 6) is -2.03. The van der Waals surface area contributed by atoms with Crippen LogP contribution in [0.3, 0.4) is 0 Å². The predicted octanol–water partition coefficient (Wildman–Crippen LogP) is -1.89.